The molecule has 0 spiro atoms. The Bertz CT molecular complexity index is 767. The smallest absolute Gasteiger partial charge is 0.328 e. The van der Waals surface area contributed by atoms with Crippen molar-refractivity contribution in [3.05, 3.63) is 56.6 Å². The summed E-state index contributed by atoms with van der Waals surface area (Å²) in [6, 6.07) is 6.24. The lowest BCUT2D eigenvalue weighted by molar-refractivity contribution is 0.0768. The molecule has 1 aromatic carbocycles. The minimum Gasteiger partial charge on any atom is -0.328 e. The molecule has 0 amide bonds. The van der Waals surface area contributed by atoms with Crippen LogP contribution in [-0.4, -0.2) is 10.6 Å². The summed E-state index contributed by atoms with van der Waals surface area (Å²) in [7, 11) is 0. The van der Waals surface area contributed by atoms with Crippen LogP contribution in [-0.2, 0) is 19.3 Å². The fourth-order valence-corrected chi connectivity index (χ4v) is 3.04. The number of aryl methyl sites for hydroxylation is 3. The Balaban J connectivity index is 1.75. The third kappa shape index (κ3) is 2.78. The van der Waals surface area contributed by atoms with Crippen LogP contribution in [0.3, 0.4) is 0 Å². The summed E-state index contributed by atoms with van der Waals surface area (Å²) in [6.45, 7) is 4.15. The zero-order chi connectivity index (χ0) is 15.7. The van der Waals surface area contributed by atoms with Crippen LogP contribution in [0.5, 0.6) is 0 Å². The predicted octanol–water partition coefficient (Wildman–Crippen LogP) is 3.21. The first kappa shape index (κ1) is 14.8. The van der Waals surface area contributed by atoms with Crippen LogP contribution in [0.25, 0.3) is 0 Å². The largest absolute Gasteiger partial charge is 0.361 e. The van der Waals surface area contributed by atoms with Crippen molar-refractivity contribution in [2.75, 3.05) is 0 Å². The minimum atomic E-state index is -0.339. The Morgan fingerprint density at radius 3 is 2.73 bits per heavy atom. The van der Waals surface area contributed by atoms with Crippen LogP contribution in [0.2, 0.25) is 0 Å². The maximum absolute atomic E-state index is 12.4. The summed E-state index contributed by atoms with van der Waals surface area (Å²) in [6.07, 6.45) is 4.52. The van der Waals surface area contributed by atoms with E-state index < -0.39 is 0 Å². The number of hydrogen-bond donors (Lipinski definition) is 0. The van der Waals surface area contributed by atoms with Crippen molar-refractivity contribution in [3.8, 4) is 0 Å². The standard InChI is InChI=1S/C18H21NO3/c1-12-7-8-14(11-13(12)2)9-10-17(20)19-16-6-4-3-5-15(16)18(21)22-19/h7-8,11H,3-6,9-10H2,1-2H3. The molecule has 1 aromatic heterocycles. The van der Waals surface area contributed by atoms with Crippen molar-refractivity contribution in [3.63, 3.8) is 0 Å². The maximum Gasteiger partial charge on any atom is 0.361 e. The van der Waals surface area contributed by atoms with Crippen LogP contribution in [0.1, 0.15) is 52.0 Å². The number of hydrogen-bond acceptors (Lipinski definition) is 3. The molecule has 0 aliphatic heterocycles. The molecule has 4 heteroatoms. The normalized spacial score (nSPS) is 13.9. The monoisotopic (exact) mass is 299 g/mol. The predicted molar refractivity (Wildman–Crippen MR) is 84.5 cm³/mol. The van der Waals surface area contributed by atoms with Crippen LogP contribution >= 0.6 is 0 Å². The summed E-state index contributed by atoms with van der Waals surface area (Å²) in [5.74, 6) is -0.126. The highest BCUT2D eigenvalue weighted by atomic mass is 16.5. The second kappa shape index (κ2) is 5.95. The molecule has 0 atom stereocenters. The lowest BCUT2D eigenvalue weighted by atomic mass is 9.98. The van der Waals surface area contributed by atoms with Crippen LogP contribution in [0, 0.1) is 13.8 Å². The zero-order valence-corrected chi connectivity index (χ0v) is 13.1. The van der Waals surface area contributed by atoms with Gasteiger partial charge in [-0.1, -0.05) is 18.2 Å². The van der Waals surface area contributed by atoms with Gasteiger partial charge in [0.2, 0.25) is 0 Å². The van der Waals surface area contributed by atoms with E-state index >= 15 is 0 Å². The van der Waals surface area contributed by atoms with Gasteiger partial charge < -0.3 is 4.52 Å². The summed E-state index contributed by atoms with van der Waals surface area (Å²) in [4.78, 5) is 24.2. The van der Waals surface area contributed by atoms with E-state index in [1.54, 1.807) is 0 Å². The quantitative estimate of drug-likeness (QED) is 0.874. The molecule has 4 nitrogen and oxygen atoms in total. The van der Waals surface area contributed by atoms with Crippen molar-refractivity contribution in [2.24, 2.45) is 0 Å². The molecule has 2 aromatic rings. The van der Waals surface area contributed by atoms with E-state index in [0.717, 1.165) is 36.9 Å². The molecule has 0 saturated carbocycles. The molecule has 0 bridgehead atoms. The Morgan fingerprint density at radius 1 is 1.18 bits per heavy atom. The Labute approximate surface area is 129 Å². The van der Waals surface area contributed by atoms with Crippen molar-refractivity contribution in [2.45, 2.75) is 52.4 Å². The van der Waals surface area contributed by atoms with E-state index in [2.05, 4.69) is 32.0 Å². The molecule has 116 valence electrons. The molecule has 1 aliphatic carbocycles. The van der Waals surface area contributed by atoms with Crippen molar-refractivity contribution >= 4 is 5.91 Å². The van der Waals surface area contributed by atoms with Gasteiger partial charge in [0, 0.05) is 6.42 Å². The maximum atomic E-state index is 12.4. The number of aromatic nitrogens is 1. The van der Waals surface area contributed by atoms with Gasteiger partial charge in [-0.05, 0) is 62.6 Å². The van der Waals surface area contributed by atoms with Gasteiger partial charge >= 0.3 is 5.63 Å². The van der Waals surface area contributed by atoms with Gasteiger partial charge in [0.25, 0.3) is 5.91 Å². The van der Waals surface area contributed by atoms with Crippen LogP contribution < -0.4 is 5.63 Å². The first-order valence-electron chi connectivity index (χ1n) is 7.89. The topological polar surface area (TPSA) is 52.2 Å². The SMILES string of the molecule is Cc1ccc(CCC(=O)n2oc(=O)c3c2CCCC3)cc1C. The first-order valence-corrected chi connectivity index (χ1v) is 7.89. The molecular weight excluding hydrogens is 278 g/mol. The average Bonchev–Trinajstić information content (AvgIpc) is 2.86. The van der Waals surface area contributed by atoms with E-state index in [1.807, 2.05) is 0 Å². The number of carbonyl (C=O) groups is 1. The summed E-state index contributed by atoms with van der Waals surface area (Å²) in [5, 5.41) is 0. The highest BCUT2D eigenvalue weighted by Gasteiger charge is 2.23. The molecular formula is C18H21NO3. The van der Waals surface area contributed by atoms with E-state index in [-0.39, 0.29) is 11.5 Å². The zero-order valence-electron chi connectivity index (χ0n) is 13.1. The molecule has 1 aliphatic rings. The second-order valence-corrected chi connectivity index (χ2v) is 6.12. The van der Waals surface area contributed by atoms with E-state index in [1.165, 1.54) is 15.9 Å². The van der Waals surface area contributed by atoms with Gasteiger partial charge in [0.05, 0.1) is 11.3 Å². The van der Waals surface area contributed by atoms with Crippen LogP contribution in [0.4, 0.5) is 0 Å². The highest BCUT2D eigenvalue weighted by Crippen LogP contribution is 2.19. The number of benzene rings is 1. The molecule has 0 fully saturated rings. The fraction of sp³-hybridized carbons (Fsp3) is 0.444. The van der Waals surface area contributed by atoms with Crippen LogP contribution in [0.15, 0.2) is 27.5 Å². The Hall–Kier alpha value is -2.10. The average molecular weight is 299 g/mol. The van der Waals surface area contributed by atoms with E-state index in [0.29, 0.717) is 18.4 Å². The van der Waals surface area contributed by atoms with Crippen molar-refractivity contribution < 1.29 is 9.32 Å². The molecule has 22 heavy (non-hydrogen) atoms. The summed E-state index contributed by atoms with van der Waals surface area (Å²) in [5.41, 5.74) is 4.77. The highest BCUT2D eigenvalue weighted by molar-refractivity contribution is 5.78. The first-order chi connectivity index (χ1) is 10.6. The lowest BCUT2D eigenvalue weighted by Crippen LogP contribution is -2.16. The number of nitrogens with zero attached hydrogens (tertiary/aromatic N) is 1. The second-order valence-electron chi connectivity index (χ2n) is 6.12. The fourth-order valence-electron chi connectivity index (χ4n) is 3.04. The number of carbonyl (C=O) groups excluding carboxylic acids is 1. The summed E-state index contributed by atoms with van der Waals surface area (Å²) < 4.78 is 6.42. The molecule has 1 heterocycles. The summed E-state index contributed by atoms with van der Waals surface area (Å²) >= 11 is 0. The van der Waals surface area contributed by atoms with Gasteiger partial charge in [-0.15, -0.1) is 4.74 Å². The van der Waals surface area contributed by atoms with Crippen molar-refractivity contribution in [1.82, 2.24) is 4.74 Å². The number of fused-ring (bicyclic) bond motifs is 1. The molecule has 3 rings (SSSR count). The van der Waals surface area contributed by atoms with Gasteiger partial charge in [-0.3, -0.25) is 4.79 Å². The molecule has 0 radical (unpaired) electrons. The minimum absolute atomic E-state index is 0.126. The molecule has 0 saturated heterocycles. The van der Waals surface area contributed by atoms with Gasteiger partial charge in [0.1, 0.15) is 0 Å². The molecule has 0 N–H and O–H groups in total. The van der Waals surface area contributed by atoms with Gasteiger partial charge in [0.15, 0.2) is 0 Å². The Kier molecular flexibility index (Phi) is 4.01. The van der Waals surface area contributed by atoms with Gasteiger partial charge in [-0.2, -0.15) is 0 Å². The lowest BCUT2D eigenvalue weighted by Gasteiger charge is -2.11. The third-order valence-electron chi connectivity index (χ3n) is 4.53. The third-order valence-corrected chi connectivity index (χ3v) is 4.53. The van der Waals surface area contributed by atoms with Gasteiger partial charge in [-0.25, -0.2) is 4.79 Å². The van der Waals surface area contributed by atoms with E-state index in [4.69, 9.17) is 4.52 Å². The molecule has 0 unspecified atom stereocenters. The van der Waals surface area contributed by atoms with E-state index in [9.17, 15) is 9.59 Å². The Morgan fingerprint density at radius 2 is 1.95 bits per heavy atom. The number of rotatable bonds is 3. The van der Waals surface area contributed by atoms with Crippen molar-refractivity contribution in [1.29, 1.82) is 0 Å².